The van der Waals surface area contributed by atoms with Crippen LogP contribution in [0, 0.1) is 0 Å². The number of rotatable bonds is 7. The van der Waals surface area contributed by atoms with Crippen molar-refractivity contribution in [1.82, 2.24) is 9.88 Å². The van der Waals surface area contributed by atoms with E-state index in [0.717, 1.165) is 32.7 Å². The van der Waals surface area contributed by atoms with Crippen molar-refractivity contribution in [3.63, 3.8) is 0 Å². The number of fused-ring (bicyclic) bond motifs is 1. The van der Waals surface area contributed by atoms with Crippen molar-refractivity contribution in [3.8, 4) is 0 Å². The van der Waals surface area contributed by atoms with E-state index in [1.807, 2.05) is 0 Å². The Balaban J connectivity index is 2.23. The lowest BCUT2D eigenvalue weighted by Crippen LogP contribution is -2.13. The number of benzene rings is 1. The van der Waals surface area contributed by atoms with Crippen LogP contribution in [0.2, 0.25) is 0 Å². The van der Waals surface area contributed by atoms with Gasteiger partial charge in [-0.05, 0) is 30.0 Å². The molecule has 0 saturated carbocycles. The van der Waals surface area contributed by atoms with Crippen LogP contribution in [-0.4, -0.2) is 24.8 Å². The van der Waals surface area contributed by atoms with Crippen LogP contribution in [-0.2, 0) is 17.8 Å². The van der Waals surface area contributed by atoms with Gasteiger partial charge < -0.3 is 14.6 Å². The Morgan fingerprint density at radius 1 is 1.28 bits per heavy atom. The Morgan fingerprint density at radius 3 is 2.94 bits per heavy atom. The summed E-state index contributed by atoms with van der Waals surface area (Å²) in [6.07, 6.45) is 3.23. The van der Waals surface area contributed by atoms with E-state index in [0.29, 0.717) is 0 Å². The van der Waals surface area contributed by atoms with Gasteiger partial charge in [0.2, 0.25) is 0 Å². The molecule has 0 fully saturated rings. The number of hydrogen-bond acceptors (Lipinski definition) is 2. The van der Waals surface area contributed by atoms with Crippen LogP contribution in [0.5, 0.6) is 0 Å². The molecule has 1 aromatic heterocycles. The lowest BCUT2D eigenvalue weighted by atomic mass is 10.1. The standard InChI is InChI=1S/C15H22N2O/c1-3-16-12-14-7-4-6-13-8-10-17(15(13)14)9-5-11-18-2/h4,6-8,10,16H,3,5,9,11-12H2,1-2H3. The summed E-state index contributed by atoms with van der Waals surface area (Å²) in [6.45, 7) is 5.90. The van der Waals surface area contributed by atoms with Gasteiger partial charge >= 0.3 is 0 Å². The second-order valence-corrected chi connectivity index (χ2v) is 4.49. The molecule has 98 valence electrons. The maximum Gasteiger partial charge on any atom is 0.0525 e. The minimum absolute atomic E-state index is 0.815. The van der Waals surface area contributed by atoms with Gasteiger partial charge in [-0.1, -0.05) is 25.1 Å². The molecule has 0 radical (unpaired) electrons. The fraction of sp³-hybridized carbons (Fsp3) is 0.467. The average molecular weight is 246 g/mol. The molecule has 0 saturated heterocycles. The number of para-hydroxylation sites is 1. The fourth-order valence-corrected chi connectivity index (χ4v) is 2.31. The van der Waals surface area contributed by atoms with Crippen molar-refractivity contribution in [2.24, 2.45) is 0 Å². The minimum atomic E-state index is 0.815. The first kappa shape index (κ1) is 13.1. The minimum Gasteiger partial charge on any atom is -0.385 e. The Bertz CT molecular complexity index is 490. The molecular formula is C15H22N2O. The van der Waals surface area contributed by atoms with E-state index < -0.39 is 0 Å². The molecule has 1 heterocycles. The van der Waals surface area contributed by atoms with Crippen LogP contribution in [0.15, 0.2) is 30.5 Å². The molecule has 0 amide bonds. The smallest absolute Gasteiger partial charge is 0.0525 e. The second-order valence-electron chi connectivity index (χ2n) is 4.49. The van der Waals surface area contributed by atoms with Gasteiger partial charge in [0.05, 0.1) is 5.52 Å². The number of methoxy groups -OCH3 is 1. The largest absolute Gasteiger partial charge is 0.385 e. The lowest BCUT2D eigenvalue weighted by molar-refractivity contribution is 0.190. The van der Waals surface area contributed by atoms with Crippen molar-refractivity contribution in [3.05, 3.63) is 36.0 Å². The zero-order chi connectivity index (χ0) is 12.8. The molecule has 0 atom stereocenters. The summed E-state index contributed by atoms with van der Waals surface area (Å²) in [5, 5.41) is 4.73. The molecule has 1 aromatic carbocycles. The van der Waals surface area contributed by atoms with E-state index in [1.54, 1.807) is 7.11 Å². The zero-order valence-electron chi connectivity index (χ0n) is 11.3. The predicted molar refractivity (Wildman–Crippen MR) is 75.8 cm³/mol. The molecule has 3 nitrogen and oxygen atoms in total. The van der Waals surface area contributed by atoms with Gasteiger partial charge in [0.25, 0.3) is 0 Å². The van der Waals surface area contributed by atoms with Gasteiger partial charge in [0.15, 0.2) is 0 Å². The van der Waals surface area contributed by atoms with E-state index >= 15 is 0 Å². The highest BCUT2D eigenvalue weighted by Crippen LogP contribution is 2.20. The first-order chi connectivity index (χ1) is 8.86. The maximum atomic E-state index is 5.12. The van der Waals surface area contributed by atoms with Crippen LogP contribution in [0.25, 0.3) is 10.9 Å². The van der Waals surface area contributed by atoms with Crippen molar-refractivity contribution in [2.75, 3.05) is 20.3 Å². The molecule has 0 unspecified atom stereocenters. The average Bonchev–Trinajstić information content (AvgIpc) is 2.81. The number of ether oxygens (including phenoxy) is 1. The topological polar surface area (TPSA) is 26.2 Å². The Morgan fingerprint density at radius 2 is 2.17 bits per heavy atom. The van der Waals surface area contributed by atoms with Gasteiger partial charge in [-0.25, -0.2) is 0 Å². The molecule has 18 heavy (non-hydrogen) atoms. The summed E-state index contributed by atoms with van der Waals surface area (Å²) >= 11 is 0. The molecule has 0 aliphatic rings. The SMILES string of the molecule is CCNCc1cccc2ccn(CCCOC)c12. The fourth-order valence-electron chi connectivity index (χ4n) is 2.31. The van der Waals surface area contributed by atoms with Crippen molar-refractivity contribution < 1.29 is 4.74 Å². The van der Waals surface area contributed by atoms with Gasteiger partial charge in [0, 0.05) is 33.0 Å². The number of nitrogens with zero attached hydrogens (tertiary/aromatic N) is 1. The molecule has 0 aliphatic carbocycles. The van der Waals surface area contributed by atoms with Crippen LogP contribution in [0.3, 0.4) is 0 Å². The third kappa shape index (κ3) is 2.92. The van der Waals surface area contributed by atoms with Crippen molar-refractivity contribution in [2.45, 2.75) is 26.4 Å². The van der Waals surface area contributed by atoms with Gasteiger partial charge in [-0.3, -0.25) is 0 Å². The third-order valence-electron chi connectivity index (χ3n) is 3.18. The van der Waals surface area contributed by atoms with Gasteiger partial charge in [-0.15, -0.1) is 0 Å². The highest BCUT2D eigenvalue weighted by Gasteiger charge is 2.05. The normalized spacial score (nSPS) is 11.2. The zero-order valence-corrected chi connectivity index (χ0v) is 11.3. The molecule has 0 bridgehead atoms. The molecule has 1 N–H and O–H groups in total. The van der Waals surface area contributed by atoms with E-state index in [9.17, 15) is 0 Å². The Hall–Kier alpha value is -1.32. The molecule has 2 rings (SSSR count). The highest BCUT2D eigenvalue weighted by molar-refractivity contribution is 5.83. The van der Waals surface area contributed by atoms with Gasteiger partial charge in [-0.2, -0.15) is 0 Å². The molecule has 0 spiro atoms. The van der Waals surface area contributed by atoms with E-state index in [1.165, 1.54) is 16.5 Å². The monoisotopic (exact) mass is 246 g/mol. The highest BCUT2D eigenvalue weighted by atomic mass is 16.5. The van der Waals surface area contributed by atoms with Crippen molar-refractivity contribution >= 4 is 10.9 Å². The summed E-state index contributed by atoms with van der Waals surface area (Å²) in [5.41, 5.74) is 2.73. The van der Waals surface area contributed by atoms with Crippen LogP contribution in [0.1, 0.15) is 18.9 Å². The number of hydrogen-bond donors (Lipinski definition) is 1. The summed E-state index contributed by atoms with van der Waals surface area (Å²) in [6, 6.07) is 8.71. The molecular weight excluding hydrogens is 224 g/mol. The first-order valence-corrected chi connectivity index (χ1v) is 6.63. The van der Waals surface area contributed by atoms with E-state index in [2.05, 4.69) is 47.3 Å². The molecule has 3 heteroatoms. The van der Waals surface area contributed by atoms with Gasteiger partial charge in [0.1, 0.15) is 0 Å². The molecule has 2 aromatic rings. The molecule has 0 aliphatic heterocycles. The second kappa shape index (κ2) is 6.57. The summed E-state index contributed by atoms with van der Waals surface area (Å²) in [5.74, 6) is 0. The Kier molecular flexibility index (Phi) is 4.79. The third-order valence-corrected chi connectivity index (χ3v) is 3.18. The van der Waals surface area contributed by atoms with E-state index in [4.69, 9.17) is 4.74 Å². The lowest BCUT2D eigenvalue weighted by Gasteiger charge is -2.10. The Labute approximate surface area is 109 Å². The number of aryl methyl sites for hydroxylation is 1. The van der Waals surface area contributed by atoms with E-state index in [-0.39, 0.29) is 0 Å². The quantitative estimate of drug-likeness (QED) is 0.760. The maximum absolute atomic E-state index is 5.12. The van der Waals surface area contributed by atoms with Crippen LogP contribution in [0.4, 0.5) is 0 Å². The summed E-state index contributed by atoms with van der Waals surface area (Å²) < 4.78 is 7.46. The summed E-state index contributed by atoms with van der Waals surface area (Å²) in [4.78, 5) is 0. The summed E-state index contributed by atoms with van der Waals surface area (Å²) in [7, 11) is 1.75. The van der Waals surface area contributed by atoms with Crippen LogP contribution < -0.4 is 5.32 Å². The first-order valence-electron chi connectivity index (χ1n) is 6.63. The number of aromatic nitrogens is 1. The van der Waals surface area contributed by atoms with Crippen molar-refractivity contribution in [1.29, 1.82) is 0 Å². The van der Waals surface area contributed by atoms with Crippen LogP contribution >= 0.6 is 0 Å². The number of nitrogens with one attached hydrogen (secondary N) is 1. The predicted octanol–water partition coefficient (Wildman–Crippen LogP) is 2.79.